The predicted molar refractivity (Wildman–Crippen MR) is 92.1 cm³/mol. The molecule has 0 rings (SSSR count). The molecular weight excluding hydrogens is 243 g/mol. The van der Waals surface area contributed by atoms with Gasteiger partial charge in [-0.15, -0.1) is 0 Å². The van der Waals surface area contributed by atoms with E-state index in [1.54, 1.807) is 0 Å². The van der Waals surface area contributed by atoms with Gasteiger partial charge in [-0.1, -0.05) is 82.5 Å². The van der Waals surface area contributed by atoms with Crippen molar-refractivity contribution >= 4 is 7.48 Å². The van der Waals surface area contributed by atoms with Gasteiger partial charge in [0, 0.05) is 0 Å². The molecular formula is C18H34BO. The number of rotatable bonds is 15. The van der Waals surface area contributed by atoms with Crippen LogP contribution in [-0.2, 0) is 0 Å². The first kappa shape index (κ1) is 19.5. The van der Waals surface area contributed by atoms with Crippen LogP contribution in [0.1, 0.15) is 84.0 Å². The minimum absolute atomic E-state index is 0.856. The third-order valence-electron chi connectivity index (χ3n) is 3.53. The van der Waals surface area contributed by atoms with Gasteiger partial charge in [-0.05, 0) is 32.1 Å². The first-order valence-electron chi connectivity index (χ1n) is 8.67. The second-order valence-corrected chi connectivity index (χ2v) is 5.56. The fourth-order valence-corrected chi connectivity index (χ4v) is 2.22. The lowest BCUT2D eigenvalue weighted by molar-refractivity contribution is 0.578. The van der Waals surface area contributed by atoms with Gasteiger partial charge in [-0.3, -0.25) is 0 Å². The SMILES string of the molecule is CCCCC/C=C\C/C=C\CCCCCCCC[B]O. The minimum atomic E-state index is 0.856. The monoisotopic (exact) mass is 277 g/mol. The van der Waals surface area contributed by atoms with Crippen LogP contribution in [0.3, 0.4) is 0 Å². The fraction of sp³-hybridized carbons (Fsp3) is 0.778. The molecule has 1 N–H and O–H groups in total. The van der Waals surface area contributed by atoms with Crippen LogP contribution in [0.4, 0.5) is 0 Å². The number of unbranched alkanes of at least 4 members (excludes halogenated alkanes) is 9. The molecule has 1 nitrogen and oxygen atoms in total. The Morgan fingerprint density at radius 2 is 1.25 bits per heavy atom. The minimum Gasteiger partial charge on any atom is -0.454 e. The third-order valence-corrected chi connectivity index (χ3v) is 3.53. The van der Waals surface area contributed by atoms with Gasteiger partial charge >= 0.3 is 0 Å². The molecule has 0 unspecified atom stereocenters. The molecule has 0 aromatic carbocycles. The summed E-state index contributed by atoms with van der Waals surface area (Å²) in [6.07, 6.45) is 25.4. The Morgan fingerprint density at radius 1 is 0.700 bits per heavy atom. The molecule has 115 valence electrons. The summed E-state index contributed by atoms with van der Waals surface area (Å²) >= 11 is 0. The molecule has 0 aliphatic heterocycles. The van der Waals surface area contributed by atoms with E-state index in [1.165, 1.54) is 71.7 Å². The molecule has 1 radical (unpaired) electrons. The van der Waals surface area contributed by atoms with Gasteiger partial charge in [-0.2, -0.15) is 0 Å². The van der Waals surface area contributed by atoms with Gasteiger partial charge in [0.05, 0.1) is 0 Å². The van der Waals surface area contributed by atoms with Crippen LogP contribution in [0.5, 0.6) is 0 Å². The van der Waals surface area contributed by atoms with Crippen LogP contribution in [0, 0.1) is 0 Å². The molecule has 2 heteroatoms. The zero-order chi connectivity index (χ0) is 14.7. The molecule has 0 saturated carbocycles. The van der Waals surface area contributed by atoms with Crippen molar-refractivity contribution in [2.24, 2.45) is 0 Å². The van der Waals surface area contributed by atoms with E-state index in [-0.39, 0.29) is 0 Å². The van der Waals surface area contributed by atoms with Crippen molar-refractivity contribution in [2.45, 2.75) is 90.3 Å². The lowest BCUT2D eigenvalue weighted by Crippen LogP contribution is -1.86. The van der Waals surface area contributed by atoms with E-state index >= 15 is 0 Å². The van der Waals surface area contributed by atoms with E-state index in [9.17, 15) is 0 Å². The summed E-state index contributed by atoms with van der Waals surface area (Å²) < 4.78 is 0. The summed E-state index contributed by atoms with van der Waals surface area (Å²) in [7, 11) is 1.28. The Morgan fingerprint density at radius 3 is 1.85 bits per heavy atom. The predicted octanol–water partition coefficient (Wildman–Crippen LogP) is 5.83. The fourth-order valence-electron chi connectivity index (χ4n) is 2.22. The van der Waals surface area contributed by atoms with Gasteiger partial charge in [0.25, 0.3) is 7.48 Å². The zero-order valence-corrected chi connectivity index (χ0v) is 13.5. The molecule has 0 aliphatic carbocycles. The molecule has 0 aromatic rings. The summed E-state index contributed by atoms with van der Waals surface area (Å²) in [5, 5.41) is 8.54. The molecule has 0 amide bonds. The second-order valence-electron chi connectivity index (χ2n) is 5.56. The molecule has 0 spiro atoms. The highest BCUT2D eigenvalue weighted by Crippen LogP contribution is 2.09. The van der Waals surface area contributed by atoms with E-state index < -0.39 is 0 Å². The van der Waals surface area contributed by atoms with Crippen LogP contribution in [0.25, 0.3) is 0 Å². The second kappa shape index (κ2) is 18.5. The summed E-state index contributed by atoms with van der Waals surface area (Å²) in [5.74, 6) is 0. The molecule has 0 atom stereocenters. The molecule has 0 heterocycles. The van der Waals surface area contributed by atoms with Gasteiger partial charge < -0.3 is 5.02 Å². The van der Waals surface area contributed by atoms with Gasteiger partial charge in [0.1, 0.15) is 0 Å². The third kappa shape index (κ3) is 17.5. The summed E-state index contributed by atoms with van der Waals surface area (Å²) in [6.45, 7) is 2.25. The van der Waals surface area contributed by atoms with E-state index in [0.717, 1.165) is 19.2 Å². The van der Waals surface area contributed by atoms with Crippen LogP contribution in [0.15, 0.2) is 24.3 Å². The maximum Gasteiger partial charge on any atom is 0.287 e. The lowest BCUT2D eigenvalue weighted by Gasteiger charge is -1.99. The average molecular weight is 277 g/mol. The highest BCUT2D eigenvalue weighted by atomic mass is 16.2. The van der Waals surface area contributed by atoms with Crippen molar-refractivity contribution in [1.82, 2.24) is 0 Å². The Kier molecular flexibility index (Phi) is 18.0. The average Bonchev–Trinajstić information content (AvgIpc) is 2.47. The molecule has 20 heavy (non-hydrogen) atoms. The molecule has 0 aliphatic rings. The smallest absolute Gasteiger partial charge is 0.287 e. The summed E-state index contributed by atoms with van der Waals surface area (Å²) in [4.78, 5) is 0. The number of hydrogen-bond acceptors (Lipinski definition) is 1. The maximum absolute atomic E-state index is 8.54. The van der Waals surface area contributed by atoms with E-state index in [1.807, 2.05) is 0 Å². The first-order chi connectivity index (χ1) is 9.91. The van der Waals surface area contributed by atoms with Crippen molar-refractivity contribution in [1.29, 1.82) is 0 Å². The van der Waals surface area contributed by atoms with Crippen LogP contribution in [-0.4, -0.2) is 12.5 Å². The number of allylic oxidation sites excluding steroid dienone is 4. The standard InChI is InChI=1S/C18H34BO/c1-2-3-4-5-6-7-8-9-10-11-12-13-14-15-16-17-18-19-20/h6-7,9-10,20H,2-5,8,11-18H2,1H3/b7-6-,10-9-. The van der Waals surface area contributed by atoms with Gasteiger partial charge in [0.15, 0.2) is 0 Å². The molecule has 0 aromatic heterocycles. The van der Waals surface area contributed by atoms with E-state index in [4.69, 9.17) is 5.02 Å². The quantitative estimate of drug-likeness (QED) is 0.227. The van der Waals surface area contributed by atoms with E-state index in [2.05, 4.69) is 31.2 Å². The topological polar surface area (TPSA) is 20.2 Å². The van der Waals surface area contributed by atoms with Crippen molar-refractivity contribution in [3.05, 3.63) is 24.3 Å². The van der Waals surface area contributed by atoms with Gasteiger partial charge in [-0.25, -0.2) is 0 Å². The Hall–Kier alpha value is -0.495. The van der Waals surface area contributed by atoms with Gasteiger partial charge in [0.2, 0.25) is 0 Å². The zero-order valence-electron chi connectivity index (χ0n) is 13.5. The largest absolute Gasteiger partial charge is 0.454 e. The highest BCUT2D eigenvalue weighted by Gasteiger charge is 1.91. The van der Waals surface area contributed by atoms with E-state index in [0.29, 0.717) is 0 Å². The van der Waals surface area contributed by atoms with Crippen LogP contribution < -0.4 is 0 Å². The molecule has 0 saturated heterocycles. The highest BCUT2D eigenvalue weighted by molar-refractivity contribution is 6.25. The van der Waals surface area contributed by atoms with Crippen molar-refractivity contribution in [3.63, 3.8) is 0 Å². The lowest BCUT2D eigenvalue weighted by atomic mass is 9.92. The van der Waals surface area contributed by atoms with Crippen LogP contribution >= 0.6 is 0 Å². The van der Waals surface area contributed by atoms with Crippen LogP contribution in [0.2, 0.25) is 6.32 Å². The first-order valence-corrected chi connectivity index (χ1v) is 8.67. The summed E-state index contributed by atoms with van der Waals surface area (Å²) in [5.41, 5.74) is 0. The number of hydrogen-bond donors (Lipinski definition) is 1. The Bertz CT molecular complexity index is 223. The molecule has 0 fully saturated rings. The van der Waals surface area contributed by atoms with Crippen molar-refractivity contribution in [3.8, 4) is 0 Å². The normalized spacial score (nSPS) is 11.7. The van der Waals surface area contributed by atoms with Crippen molar-refractivity contribution in [2.75, 3.05) is 0 Å². The maximum atomic E-state index is 8.54. The molecule has 0 bridgehead atoms. The van der Waals surface area contributed by atoms with Crippen molar-refractivity contribution < 1.29 is 5.02 Å². The Balaban J connectivity index is 3.12. The Labute approximate surface area is 127 Å². The summed E-state index contributed by atoms with van der Waals surface area (Å²) in [6, 6.07) is 0.